The van der Waals surface area contributed by atoms with Crippen LogP contribution >= 0.6 is 0 Å². The Morgan fingerprint density at radius 2 is 0.738 bits per heavy atom. The van der Waals surface area contributed by atoms with Crippen LogP contribution in [-0.2, 0) is 5.41 Å². The zero-order valence-corrected chi connectivity index (χ0v) is 33.2. The highest BCUT2D eigenvalue weighted by Crippen LogP contribution is 2.63. The first-order valence-electron chi connectivity index (χ1n) is 21.3. The van der Waals surface area contributed by atoms with Gasteiger partial charge in [0, 0.05) is 17.3 Å². The fourth-order valence-electron chi connectivity index (χ4n) is 11.6. The smallest absolute Gasteiger partial charge is 0.0725 e. The second-order valence-corrected chi connectivity index (χ2v) is 16.9. The van der Waals surface area contributed by atoms with Gasteiger partial charge in [-0.1, -0.05) is 182 Å². The van der Waals surface area contributed by atoms with Crippen molar-refractivity contribution in [1.82, 2.24) is 4.98 Å². The molecule has 0 unspecified atom stereocenters. The molecule has 12 aromatic rings. The average Bonchev–Trinajstić information content (AvgIpc) is 3.79. The van der Waals surface area contributed by atoms with E-state index in [9.17, 15) is 0 Å². The van der Waals surface area contributed by atoms with Crippen LogP contribution in [0.5, 0.6) is 0 Å². The van der Waals surface area contributed by atoms with Crippen LogP contribution in [0.2, 0.25) is 0 Å². The molecular formula is C60H35N. The lowest BCUT2D eigenvalue weighted by Crippen LogP contribution is -2.25. The van der Waals surface area contributed by atoms with Gasteiger partial charge in [0.2, 0.25) is 0 Å². The zero-order valence-electron chi connectivity index (χ0n) is 33.2. The van der Waals surface area contributed by atoms with Gasteiger partial charge in [0.15, 0.2) is 0 Å². The second kappa shape index (κ2) is 12.1. The third-order valence-electron chi connectivity index (χ3n) is 14.0. The van der Waals surface area contributed by atoms with E-state index in [1.54, 1.807) is 0 Å². The number of rotatable bonds is 3. The van der Waals surface area contributed by atoms with Gasteiger partial charge in [0.1, 0.15) is 0 Å². The van der Waals surface area contributed by atoms with Crippen LogP contribution in [0.25, 0.3) is 110 Å². The lowest BCUT2D eigenvalue weighted by atomic mass is 9.70. The summed E-state index contributed by atoms with van der Waals surface area (Å²) in [4.78, 5) is 5.28. The van der Waals surface area contributed by atoms with Crippen LogP contribution in [0.4, 0.5) is 0 Å². The molecule has 11 aromatic carbocycles. The molecule has 1 heterocycles. The molecule has 61 heavy (non-hydrogen) atoms. The van der Waals surface area contributed by atoms with Crippen molar-refractivity contribution in [3.8, 4) is 55.8 Å². The van der Waals surface area contributed by atoms with E-state index in [0.717, 1.165) is 16.8 Å². The van der Waals surface area contributed by atoms with Gasteiger partial charge in [0.25, 0.3) is 0 Å². The van der Waals surface area contributed by atoms with Gasteiger partial charge in [-0.2, -0.15) is 0 Å². The van der Waals surface area contributed by atoms with Crippen LogP contribution in [0.15, 0.2) is 212 Å². The molecule has 0 saturated heterocycles. The summed E-state index contributed by atoms with van der Waals surface area (Å²) in [6.07, 6.45) is 2.09. The van der Waals surface area contributed by atoms with Crippen LogP contribution in [0, 0.1) is 0 Å². The summed E-state index contributed by atoms with van der Waals surface area (Å²) in [5.41, 5.74) is 17.2. The summed E-state index contributed by atoms with van der Waals surface area (Å²) in [6.45, 7) is 0. The molecule has 1 nitrogen and oxygen atoms in total. The summed E-state index contributed by atoms with van der Waals surface area (Å²) in [5.74, 6) is 0. The Labute approximate surface area is 353 Å². The minimum atomic E-state index is -0.384. The highest BCUT2D eigenvalue weighted by Gasteiger charge is 2.51. The minimum absolute atomic E-state index is 0.384. The number of benzene rings is 11. The molecule has 280 valence electrons. The van der Waals surface area contributed by atoms with Crippen molar-refractivity contribution in [1.29, 1.82) is 0 Å². The van der Waals surface area contributed by atoms with Gasteiger partial charge in [-0.15, -0.1) is 0 Å². The summed E-state index contributed by atoms with van der Waals surface area (Å²) in [5, 5.41) is 12.8. The molecule has 0 aliphatic heterocycles. The van der Waals surface area contributed by atoms with E-state index >= 15 is 0 Å². The number of hydrogen-bond acceptors (Lipinski definition) is 1. The van der Waals surface area contributed by atoms with Gasteiger partial charge in [-0.05, 0) is 139 Å². The van der Waals surface area contributed by atoms with E-state index in [1.807, 2.05) is 0 Å². The van der Waals surface area contributed by atoms with E-state index in [2.05, 4.69) is 212 Å². The number of aromatic nitrogens is 1. The average molecular weight is 770 g/mol. The Kier molecular flexibility index (Phi) is 6.55. The Balaban J connectivity index is 0.933. The Bertz CT molecular complexity index is 3630. The Morgan fingerprint density at radius 3 is 1.26 bits per heavy atom. The molecule has 2 aliphatic carbocycles. The lowest BCUT2D eigenvalue weighted by Gasteiger charge is -2.30. The molecule has 1 spiro atoms. The third-order valence-corrected chi connectivity index (χ3v) is 14.0. The summed E-state index contributed by atoms with van der Waals surface area (Å²) in [7, 11) is 0. The summed E-state index contributed by atoms with van der Waals surface area (Å²) in [6, 6.07) is 76.9. The molecule has 0 radical (unpaired) electrons. The van der Waals surface area contributed by atoms with E-state index in [4.69, 9.17) is 4.98 Å². The van der Waals surface area contributed by atoms with Gasteiger partial charge in [-0.3, -0.25) is 4.98 Å². The Morgan fingerprint density at radius 1 is 0.295 bits per heavy atom. The van der Waals surface area contributed by atoms with Crippen LogP contribution in [0.1, 0.15) is 22.3 Å². The number of nitrogens with zero attached hydrogens (tertiary/aromatic N) is 1. The van der Waals surface area contributed by atoms with E-state index in [0.29, 0.717) is 0 Å². The molecule has 0 N–H and O–H groups in total. The molecule has 0 bridgehead atoms. The number of fused-ring (bicyclic) bond motifs is 12. The van der Waals surface area contributed by atoms with Crippen molar-refractivity contribution < 1.29 is 0 Å². The third kappa shape index (κ3) is 4.32. The van der Waals surface area contributed by atoms with Crippen LogP contribution in [-0.4, -0.2) is 4.98 Å². The fraction of sp³-hybridized carbons (Fsp3) is 0.0167. The van der Waals surface area contributed by atoms with Crippen LogP contribution < -0.4 is 0 Å². The number of hydrogen-bond donors (Lipinski definition) is 0. The highest BCUT2D eigenvalue weighted by atomic mass is 14.7. The quantitative estimate of drug-likeness (QED) is 0.129. The largest absolute Gasteiger partial charge is 0.256 e. The molecule has 14 rings (SSSR count). The molecule has 0 amide bonds. The highest BCUT2D eigenvalue weighted by molar-refractivity contribution is 6.26. The van der Waals surface area contributed by atoms with Crippen molar-refractivity contribution in [2.75, 3.05) is 0 Å². The lowest BCUT2D eigenvalue weighted by molar-refractivity contribution is 0.794. The topological polar surface area (TPSA) is 12.9 Å². The molecule has 1 heteroatoms. The van der Waals surface area contributed by atoms with Crippen molar-refractivity contribution in [3.05, 3.63) is 235 Å². The van der Waals surface area contributed by atoms with E-state index in [1.165, 1.54) is 115 Å². The maximum atomic E-state index is 5.28. The van der Waals surface area contributed by atoms with Gasteiger partial charge in [-0.25, -0.2) is 0 Å². The molecule has 2 aliphatic rings. The van der Waals surface area contributed by atoms with Crippen molar-refractivity contribution in [2.24, 2.45) is 0 Å². The molecule has 0 saturated carbocycles. The molecule has 1 aromatic heterocycles. The second-order valence-electron chi connectivity index (χ2n) is 16.9. The first kappa shape index (κ1) is 33.0. The molecule has 0 fully saturated rings. The van der Waals surface area contributed by atoms with Crippen molar-refractivity contribution in [2.45, 2.75) is 5.41 Å². The molecular weight excluding hydrogens is 735 g/mol. The SMILES string of the molecule is c1ccc2c(c1)-c1ccccc1C21c2ccccc2-c2ccc(-c3ccc(-c4c5ccccc5c(-c5cc6ccc7cccc8ccc(c5)c6c78)c5ccccc45)cn3)cc21. The van der Waals surface area contributed by atoms with E-state index in [-0.39, 0.29) is 5.41 Å². The number of pyridine rings is 1. The van der Waals surface area contributed by atoms with Gasteiger partial charge < -0.3 is 0 Å². The normalized spacial score (nSPS) is 13.4. The first-order valence-corrected chi connectivity index (χ1v) is 21.3. The van der Waals surface area contributed by atoms with Gasteiger partial charge in [0.05, 0.1) is 11.1 Å². The standard InChI is InChI=1S/C60H35N/c1-3-19-49-47(17-1)58(48-18-2-4-20-50(48)59(49)42-32-39-26-24-36-12-11-13-37-25-27-40(33-42)57(39)56(36)37)41-29-31-55(61-35-41)38-28-30-46-45-16-7-10-23-53(45)60(54(46)34-38)51-21-8-5-14-43(51)44-15-6-9-22-52(44)60/h1-35H. The summed E-state index contributed by atoms with van der Waals surface area (Å²) >= 11 is 0. The summed E-state index contributed by atoms with van der Waals surface area (Å²) < 4.78 is 0. The predicted octanol–water partition coefficient (Wildman–Crippen LogP) is 15.6. The zero-order chi connectivity index (χ0) is 39.8. The van der Waals surface area contributed by atoms with Gasteiger partial charge >= 0.3 is 0 Å². The molecule has 0 atom stereocenters. The maximum absolute atomic E-state index is 5.28. The predicted molar refractivity (Wildman–Crippen MR) is 256 cm³/mol. The fourth-order valence-corrected chi connectivity index (χ4v) is 11.6. The maximum Gasteiger partial charge on any atom is 0.0725 e. The monoisotopic (exact) mass is 769 g/mol. The minimum Gasteiger partial charge on any atom is -0.256 e. The van der Waals surface area contributed by atoms with Crippen molar-refractivity contribution in [3.63, 3.8) is 0 Å². The Hall–Kier alpha value is -7.87. The first-order chi connectivity index (χ1) is 30.3. The van der Waals surface area contributed by atoms with Crippen LogP contribution in [0.3, 0.4) is 0 Å². The van der Waals surface area contributed by atoms with E-state index < -0.39 is 0 Å². The van der Waals surface area contributed by atoms with Crippen molar-refractivity contribution >= 4 is 53.9 Å².